The van der Waals surface area contributed by atoms with Crippen LogP contribution in [0, 0.1) is 11.2 Å². The number of amides is 1. The molecule has 2 rings (SSSR count). The summed E-state index contributed by atoms with van der Waals surface area (Å²) in [5.41, 5.74) is -0.0384. The topological polar surface area (TPSA) is 54.5 Å². The van der Waals surface area contributed by atoms with E-state index in [1.54, 1.807) is 4.90 Å². The zero-order valence-electron chi connectivity index (χ0n) is 11.5. The zero-order chi connectivity index (χ0) is 16.0. The summed E-state index contributed by atoms with van der Waals surface area (Å²) in [6.45, 7) is 5.17. The van der Waals surface area contributed by atoms with E-state index in [9.17, 15) is 17.6 Å². The first-order chi connectivity index (χ1) is 9.51. The minimum atomic E-state index is -4.14. The molecule has 1 amide bonds. The van der Waals surface area contributed by atoms with Crippen molar-refractivity contribution in [1.29, 1.82) is 0 Å². The Morgan fingerprint density at radius 1 is 1.43 bits per heavy atom. The maximum Gasteiger partial charge on any atom is 0.262 e. The lowest BCUT2D eigenvalue weighted by Gasteiger charge is -2.20. The third-order valence-electron chi connectivity index (χ3n) is 3.46. The minimum absolute atomic E-state index is 0.00312. The predicted molar refractivity (Wildman–Crippen MR) is 81.4 cm³/mol. The van der Waals surface area contributed by atoms with Gasteiger partial charge in [0.05, 0.1) is 10.0 Å². The number of hydrogen-bond acceptors (Lipinski definition) is 3. The SMILES string of the molecule is CC1(C)CCN(C(=O)c2cc(F)cc(S(=O)(=O)Cl)c2Br)C1. The molecule has 1 aliphatic heterocycles. The highest BCUT2D eigenvalue weighted by atomic mass is 79.9. The van der Waals surface area contributed by atoms with Gasteiger partial charge in [-0.05, 0) is 39.9 Å². The van der Waals surface area contributed by atoms with Crippen molar-refractivity contribution >= 4 is 41.6 Å². The Labute approximate surface area is 135 Å². The third kappa shape index (κ3) is 3.57. The summed E-state index contributed by atoms with van der Waals surface area (Å²) in [7, 11) is 1.12. The van der Waals surface area contributed by atoms with Crippen molar-refractivity contribution in [2.45, 2.75) is 25.2 Å². The average Bonchev–Trinajstić information content (AvgIpc) is 2.70. The van der Waals surface area contributed by atoms with Gasteiger partial charge in [0.1, 0.15) is 10.7 Å². The van der Waals surface area contributed by atoms with Crippen LogP contribution in [0.15, 0.2) is 21.5 Å². The maximum atomic E-state index is 13.6. The molecule has 1 aromatic carbocycles. The molecule has 116 valence electrons. The van der Waals surface area contributed by atoms with Crippen LogP contribution < -0.4 is 0 Å². The first-order valence-corrected chi connectivity index (χ1v) is 9.34. The van der Waals surface area contributed by atoms with Gasteiger partial charge >= 0.3 is 0 Å². The summed E-state index contributed by atoms with van der Waals surface area (Å²) in [6, 6.07) is 1.81. The molecule has 0 aromatic heterocycles. The Balaban J connectivity index is 2.46. The van der Waals surface area contributed by atoms with Crippen LogP contribution >= 0.6 is 26.6 Å². The summed E-state index contributed by atoms with van der Waals surface area (Å²) in [5, 5.41) is 0. The summed E-state index contributed by atoms with van der Waals surface area (Å²) >= 11 is 3.05. The standard InChI is InChI=1S/C13H14BrClFNO3S/c1-13(2)3-4-17(7-13)12(18)9-5-8(16)6-10(11(9)14)21(15,19)20/h5-6H,3-4,7H2,1-2H3. The number of halogens is 3. The van der Waals surface area contributed by atoms with E-state index in [4.69, 9.17) is 10.7 Å². The molecule has 1 saturated heterocycles. The van der Waals surface area contributed by atoms with E-state index in [1.807, 2.05) is 13.8 Å². The van der Waals surface area contributed by atoms with Crippen molar-refractivity contribution < 1.29 is 17.6 Å². The Kier molecular flexibility index (Phi) is 4.39. The van der Waals surface area contributed by atoms with Crippen molar-refractivity contribution in [2.24, 2.45) is 5.41 Å². The van der Waals surface area contributed by atoms with Crippen LogP contribution in [0.1, 0.15) is 30.6 Å². The smallest absolute Gasteiger partial charge is 0.262 e. The van der Waals surface area contributed by atoms with Gasteiger partial charge in [0, 0.05) is 23.8 Å². The average molecular weight is 399 g/mol. The normalized spacial score (nSPS) is 18.0. The van der Waals surface area contributed by atoms with Gasteiger partial charge < -0.3 is 4.90 Å². The molecule has 4 nitrogen and oxygen atoms in total. The molecule has 0 unspecified atom stereocenters. The lowest BCUT2D eigenvalue weighted by Crippen LogP contribution is -2.30. The predicted octanol–water partition coefficient (Wildman–Crippen LogP) is 3.39. The van der Waals surface area contributed by atoms with Crippen LogP contribution in [0.2, 0.25) is 0 Å². The van der Waals surface area contributed by atoms with Crippen LogP contribution in [0.5, 0.6) is 0 Å². The van der Waals surface area contributed by atoms with Gasteiger partial charge in [0.15, 0.2) is 0 Å². The molecule has 0 spiro atoms. The van der Waals surface area contributed by atoms with Crippen molar-refractivity contribution in [3.05, 3.63) is 28.0 Å². The fraction of sp³-hybridized carbons (Fsp3) is 0.462. The molecule has 8 heteroatoms. The number of hydrogen-bond donors (Lipinski definition) is 0. The quantitative estimate of drug-likeness (QED) is 0.718. The highest BCUT2D eigenvalue weighted by Gasteiger charge is 2.34. The van der Waals surface area contributed by atoms with Crippen LogP contribution in [-0.4, -0.2) is 32.3 Å². The Bertz CT molecular complexity index is 706. The van der Waals surface area contributed by atoms with Gasteiger partial charge in [0.2, 0.25) is 0 Å². The summed E-state index contributed by atoms with van der Waals surface area (Å²) in [5.74, 6) is -1.23. The second-order valence-corrected chi connectivity index (χ2v) is 9.17. The van der Waals surface area contributed by atoms with E-state index in [0.29, 0.717) is 13.1 Å². The molecular weight excluding hydrogens is 385 g/mol. The third-order valence-corrected chi connectivity index (χ3v) is 5.92. The van der Waals surface area contributed by atoms with Gasteiger partial charge in [-0.15, -0.1) is 0 Å². The molecular formula is C13H14BrClFNO3S. The molecule has 0 radical (unpaired) electrons. The van der Waals surface area contributed by atoms with Crippen molar-refractivity contribution in [1.82, 2.24) is 4.90 Å². The minimum Gasteiger partial charge on any atom is -0.338 e. The molecule has 0 aliphatic carbocycles. The number of likely N-dealkylation sites (tertiary alicyclic amines) is 1. The van der Waals surface area contributed by atoms with Crippen LogP contribution in [0.25, 0.3) is 0 Å². The van der Waals surface area contributed by atoms with Crippen LogP contribution in [-0.2, 0) is 9.05 Å². The zero-order valence-corrected chi connectivity index (χ0v) is 14.6. The van der Waals surface area contributed by atoms with Gasteiger partial charge in [-0.2, -0.15) is 0 Å². The molecule has 1 aliphatic rings. The van der Waals surface area contributed by atoms with Crippen molar-refractivity contribution in [3.63, 3.8) is 0 Å². The lowest BCUT2D eigenvalue weighted by atomic mass is 9.93. The van der Waals surface area contributed by atoms with E-state index in [1.165, 1.54) is 0 Å². The van der Waals surface area contributed by atoms with Crippen LogP contribution in [0.3, 0.4) is 0 Å². The number of benzene rings is 1. The maximum absolute atomic E-state index is 13.6. The van der Waals surface area contributed by atoms with E-state index in [0.717, 1.165) is 18.6 Å². The second kappa shape index (κ2) is 5.52. The number of nitrogens with zero attached hydrogens (tertiary/aromatic N) is 1. The Morgan fingerprint density at radius 3 is 2.52 bits per heavy atom. The number of carbonyl (C=O) groups is 1. The van der Waals surface area contributed by atoms with Crippen molar-refractivity contribution in [2.75, 3.05) is 13.1 Å². The molecule has 1 heterocycles. The number of rotatable bonds is 2. The van der Waals surface area contributed by atoms with Gasteiger partial charge in [-0.3, -0.25) is 4.79 Å². The molecule has 0 atom stereocenters. The number of carbonyl (C=O) groups excluding carboxylic acids is 1. The molecule has 0 saturated carbocycles. The first-order valence-electron chi connectivity index (χ1n) is 6.24. The molecule has 0 N–H and O–H groups in total. The highest BCUT2D eigenvalue weighted by Crippen LogP contribution is 2.34. The monoisotopic (exact) mass is 397 g/mol. The fourth-order valence-electron chi connectivity index (χ4n) is 2.35. The molecule has 1 aromatic rings. The largest absolute Gasteiger partial charge is 0.338 e. The molecule has 0 bridgehead atoms. The van der Waals surface area contributed by atoms with Crippen LogP contribution in [0.4, 0.5) is 4.39 Å². The van der Waals surface area contributed by atoms with Gasteiger partial charge in [-0.25, -0.2) is 12.8 Å². The van der Waals surface area contributed by atoms with E-state index in [2.05, 4.69) is 15.9 Å². The van der Waals surface area contributed by atoms with E-state index in [-0.39, 0.29) is 15.5 Å². The first kappa shape index (κ1) is 16.7. The fourth-order valence-corrected chi connectivity index (χ4v) is 4.61. The highest BCUT2D eigenvalue weighted by molar-refractivity contribution is 9.10. The summed E-state index contributed by atoms with van der Waals surface area (Å²) < 4.78 is 36.5. The van der Waals surface area contributed by atoms with Gasteiger partial charge in [0.25, 0.3) is 15.0 Å². The lowest BCUT2D eigenvalue weighted by molar-refractivity contribution is 0.0776. The second-order valence-electron chi connectivity index (χ2n) is 5.84. The van der Waals surface area contributed by atoms with Gasteiger partial charge in [-0.1, -0.05) is 13.8 Å². The summed E-state index contributed by atoms with van der Waals surface area (Å²) in [6.07, 6.45) is 0.840. The van der Waals surface area contributed by atoms with Crippen molar-refractivity contribution in [3.8, 4) is 0 Å². The van der Waals surface area contributed by atoms with E-state index < -0.39 is 25.7 Å². The summed E-state index contributed by atoms with van der Waals surface area (Å²) in [4.78, 5) is 13.6. The Morgan fingerprint density at radius 2 is 2.05 bits per heavy atom. The molecule has 21 heavy (non-hydrogen) atoms. The Hall–Kier alpha value is -0.660. The molecule has 1 fully saturated rings. The van der Waals surface area contributed by atoms with E-state index >= 15 is 0 Å².